The van der Waals surface area contributed by atoms with Crippen molar-refractivity contribution in [2.45, 2.75) is 13.8 Å². The second-order valence-corrected chi connectivity index (χ2v) is 1.64. The Hall–Kier alpha value is -1.05. The highest BCUT2D eigenvalue weighted by Crippen LogP contribution is 1.76. The molecule has 0 rings (SSSR count). The quantitative estimate of drug-likeness (QED) is 0.567. The van der Waals surface area contributed by atoms with Crippen molar-refractivity contribution in [3.63, 3.8) is 0 Å². The van der Waals surface area contributed by atoms with Gasteiger partial charge < -0.3 is 4.90 Å². The summed E-state index contributed by atoms with van der Waals surface area (Å²) in [6.45, 7) is 11.8. The minimum Gasteiger partial charge on any atom is -0.376 e. The molecule has 0 bridgehead atoms. The fourth-order valence-corrected chi connectivity index (χ4v) is 0.325. The number of rotatable bonds is 4. The molecule has 2 heteroatoms. The first-order chi connectivity index (χ1) is 5.31. The van der Waals surface area contributed by atoms with Crippen molar-refractivity contribution in [1.82, 2.24) is 4.90 Å². The van der Waals surface area contributed by atoms with Gasteiger partial charge in [-0.25, -0.2) is 0 Å². The van der Waals surface area contributed by atoms with Crippen LogP contribution in [0, 0.1) is 0 Å². The molecule has 0 amide bonds. The molecule has 0 fully saturated rings. The Bertz CT molecular complexity index is 117. The van der Waals surface area contributed by atoms with Crippen LogP contribution in [-0.2, 0) is 0 Å². The monoisotopic (exact) mass is 154 g/mol. The van der Waals surface area contributed by atoms with Crippen molar-refractivity contribution in [2.75, 3.05) is 13.6 Å². The molecule has 0 radical (unpaired) electrons. The lowest BCUT2D eigenvalue weighted by Crippen LogP contribution is -2.11. The van der Waals surface area contributed by atoms with Gasteiger partial charge in [0.25, 0.3) is 0 Å². The molecule has 11 heavy (non-hydrogen) atoms. The Morgan fingerprint density at radius 1 is 1.36 bits per heavy atom. The first-order valence-corrected chi connectivity index (χ1v) is 3.76. The minimum absolute atomic E-state index is 0.787. The van der Waals surface area contributed by atoms with Gasteiger partial charge in [0.1, 0.15) is 0 Å². The van der Waals surface area contributed by atoms with Gasteiger partial charge in [0, 0.05) is 19.5 Å². The maximum Gasteiger partial charge on any atom is 0.0523 e. The summed E-state index contributed by atoms with van der Waals surface area (Å²) in [4.78, 5) is 5.73. The number of aliphatic imine (C=N–C) groups is 1. The van der Waals surface area contributed by atoms with Crippen LogP contribution in [0.15, 0.2) is 30.6 Å². The van der Waals surface area contributed by atoms with Gasteiger partial charge in [0.2, 0.25) is 0 Å². The summed E-state index contributed by atoms with van der Waals surface area (Å²) in [6.07, 6.45) is 5.03. The third kappa shape index (κ3) is 12.2. The Balaban J connectivity index is 0. The zero-order valence-electron chi connectivity index (χ0n) is 7.75. The fourth-order valence-electron chi connectivity index (χ4n) is 0.325. The lowest BCUT2D eigenvalue weighted by molar-refractivity contribution is 0.530. The van der Waals surface area contributed by atoms with Gasteiger partial charge >= 0.3 is 0 Å². The second-order valence-electron chi connectivity index (χ2n) is 1.64. The third-order valence-electron chi connectivity index (χ3n) is 0.892. The van der Waals surface area contributed by atoms with Gasteiger partial charge in [-0.3, -0.25) is 4.99 Å². The van der Waals surface area contributed by atoms with Gasteiger partial charge in [-0.05, 0) is 6.20 Å². The molecule has 0 aliphatic carbocycles. The summed E-state index contributed by atoms with van der Waals surface area (Å²) in [5, 5.41) is 0. The SMILES string of the molecule is C=CN=CCN(C)C=C.CC. The van der Waals surface area contributed by atoms with E-state index in [4.69, 9.17) is 0 Å². The Kier molecular flexibility index (Phi) is 13.4. The highest BCUT2D eigenvalue weighted by atomic mass is 15.1. The predicted molar refractivity (Wildman–Crippen MR) is 52.9 cm³/mol. The van der Waals surface area contributed by atoms with Crippen LogP contribution < -0.4 is 0 Å². The average Bonchev–Trinajstić information content (AvgIpc) is 2.08. The number of nitrogens with zero attached hydrogens (tertiary/aromatic N) is 2. The second kappa shape index (κ2) is 11.7. The highest BCUT2D eigenvalue weighted by molar-refractivity contribution is 5.60. The van der Waals surface area contributed by atoms with Crippen molar-refractivity contribution >= 4 is 6.21 Å². The molecular formula is C9H18N2. The molecule has 0 aromatic rings. The van der Waals surface area contributed by atoms with Crippen LogP contribution in [0.3, 0.4) is 0 Å². The van der Waals surface area contributed by atoms with E-state index in [0.717, 1.165) is 6.54 Å². The van der Waals surface area contributed by atoms with Crippen LogP contribution in [0.25, 0.3) is 0 Å². The van der Waals surface area contributed by atoms with E-state index in [2.05, 4.69) is 18.2 Å². The summed E-state index contributed by atoms with van der Waals surface area (Å²) in [5.41, 5.74) is 0. The van der Waals surface area contributed by atoms with Crippen LogP contribution >= 0.6 is 0 Å². The zero-order valence-corrected chi connectivity index (χ0v) is 7.75. The molecule has 0 saturated heterocycles. The zero-order chi connectivity index (χ0) is 9.11. The fraction of sp³-hybridized carbons (Fsp3) is 0.444. The smallest absolute Gasteiger partial charge is 0.0523 e. The molecule has 0 spiro atoms. The molecule has 64 valence electrons. The summed E-state index contributed by atoms with van der Waals surface area (Å²) in [5.74, 6) is 0. The number of hydrogen-bond acceptors (Lipinski definition) is 2. The third-order valence-corrected chi connectivity index (χ3v) is 0.892. The largest absolute Gasteiger partial charge is 0.376 e. The van der Waals surface area contributed by atoms with E-state index in [1.54, 1.807) is 12.4 Å². The summed E-state index contributed by atoms with van der Waals surface area (Å²) < 4.78 is 0. The van der Waals surface area contributed by atoms with Crippen LogP contribution in [0.2, 0.25) is 0 Å². The molecule has 0 aromatic heterocycles. The molecule has 0 atom stereocenters. The Labute approximate surface area is 69.9 Å². The molecular weight excluding hydrogens is 136 g/mol. The summed E-state index contributed by atoms with van der Waals surface area (Å²) in [7, 11) is 1.93. The molecule has 2 nitrogen and oxygen atoms in total. The molecule has 0 heterocycles. The van der Waals surface area contributed by atoms with E-state index in [0.29, 0.717) is 0 Å². The maximum absolute atomic E-state index is 3.81. The van der Waals surface area contributed by atoms with E-state index in [1.165, 1.54) is 6.20 Å². The van der Waals surface area contributed by atoms with Crippen molar-refractivity contribution < 1.29 is 0 Å². The van der Waals surface area contributed by atoms with Crippen molar-refractivity contribution in [1.29, 1.82) is 0 Å². The van der Waals surface area contributed by atoms with Gasteiger partial charge in [-0.2, -0.15) is 0 Å². The van der Waals surface area contributed by atoms with E-state index < -0.39 is 0 Å². The van der Waals surface area contributed by atoms with E-state index in [1.807, 2.05) is 25.8 Å². The predicted octanol–water partition coefficient (Wildman–Crippen LogP) is 2.30. The van der Waals surface area contributed by atoms with Gasteiger partial charge in [-0.15, -0.1) is 0 Å². The minimum atomic E-state index is 0.787. The van der Waals surface area contributed by atoms with Crippen molar-refractivity contribution in [3.05, 3.63) is 25.6 Å². The van der Waals surface area contributed by atoms with E-state index in [9.17, 15) is 0 Å². The van der Waals surface area contributed by atoms with Crippen LogP contribution in [-0.4, -0.2) is 24.7 Å². The van der Waals surface area contributed by atoms with Crippen LogP contribution in [0.1, 0.15) is 13.8 Å². The first kappa shape index (κ1) is 12.6. The van der Waals surface area contributed by atoms with Crippen LogP contribution in [0.4, 0.5) is 0 Å². The van der Waals surface area contributed by atoms with Crippen molar-refractivity contribution in [2.24, 2.45) is 4.99 Å². The van der Waals surface area contributed by atoms with Crippen LogP contribution in [0.5, 0.6) is 0 Å². The van der Waals surface area contributed by atoms with Crippen molar-refractivity contribution in [3.8, 4) is 0 Å². The van der Waals surface area contributed by atoms with E-state index in [-0.39, 0.29) is 0 Å². The molecule has 0 N–H and O–H groups in total. The molecule has 0 unspecified atom stereocenters. The normalized spacial score (nSPS) is 8.27. The average molecular weight is 154 g/mol. The van der Waals surface area contributed by atoms with Gasteiger partial charge in [0.05, 0.1) is 6.54 Å². The summed E-state index contributed by atoms with van der Waals surface area (Å²) >= 11 is 0. The first-order valence-electron chi connectivity index (χ1n) is 3.76. The summed E-state index contributed by atoms with van der Waals surface area (Å²) in [6, 6.07) is 0. The standard InChI is InChI=1S/C7H12N2.C2H6/c1-4-8-6-7-9(3)5-2;1-2/h4-6H,1-2,7H2,3H3;1-2H3. The molecule has 0 aliphatic heterocycles. The molecule has 0 aliphatic rings. The molecule has 0 saturated carbocycles. The lowest BCUT2D eigenvalue weighted by atomic mass is 10.6. The van der Waals surface area contributed by atoms with E-state index >= 15 is 0 Å². The topological polar surface area (TPSA) is 15.6 Å². The Morgan fingerprint density at radius 3 is 2.27 bits per heavy atom. The number of hydrogen-bond donors (Lipinski definition) is 0. The molecule has 0 aromatic carbocycles. The van der Waals surface area contributed by atoms with Gasteiger partial charge in [-0.1, -0.05) is 27.0 Å². The Morgan fingerprint density at radius 2 is 1.91 bits per heavy atom. The van der Waals surface area contributed by atoms with Gasteiger partial charge in [0.15, 0.2) is 0 Å². The highest BCUT2D eigenvalue weighted by Gasteiger charge is 1.80. The maximum atomic E-state index is 3.81. The lowest BCUT2D eigenvalue weighted by Gasteiger charge is -2.07.